The van der Waals surface area contributed by atoms with Crippen molar-refractivity contribution in [3.05, 3.63) is 82.5 Å². The van der Waals surface area contributed by atoms with E-state index in [1.165, 1.54) is 27.6 Å². The van der Waals surface area contributed by atoms with Crippen LogP contribution in [-0.2, 0) is 13.7 Å². The topological polar surface area (TPSA) is 61.9 Å². The Morgan fingerprint density at radius 2 is 1.92 bits per heavy atom. The summed E-state index contributed by atoms with van der Waals surface area (Å²) >= 11 is 0. The number of hydrogen-bond donors (Lipinski definition) is 0. The SMILES string of the molecule is Cn1ncc2c(=O)n(-c3ccccc3)c(OCc3cccc(F)c3)nc21. The molecule has 0 bridgehead atoms. The average Bonchev–Trinajstić information content (AvgIpc) is 3.02. The number of nitrogens with zero attached hydrogens (tertiary/aromatic N) is 4. The Morgan fingerprint density at radius 1 is 1.12 bits per heavy atom. The molecule has 7 heteroatoms. The number of fused-ring (bicyclic) bond motifs is 1. The summed E-state index contributed by atoms with van der Waals surface area (Å²) in [6.45, 7) is 0.0837. The number of halogens is 1. The second-order valence-electron chi connectivity index (χ2n) is 5.79. The van der Waals surface area contributed by atoms with Crippen molar-refractivity contribution in [3.8, 4) is 11.7 Å². The fourth-order valence-electron chi connectivity index (χ4n) is 2.74. The summed E-state index contributed by atoms with van der Waals surface area (Å²) in [7, 11) is 1.71. The first-order valence-electron chi connectivity index (χ1n) is 8.01. The average molecular weight is 350 g/mol. The Bertz CT molecular complexity index is 1140. The lowest BCUT2D eigenvalue weighted by molar-refractivity contribution is 0.272. The highest BCUT2D eigenvalue weighted by Crippen LogP contribution is 2.18. The van der Waals surface area contributed by atoms with Crippen LogP contribution < -0.4 is 10.3 Å². The zero-order valence-electron chi connectivity index (χ0n) is 14.0. The maximum absolute atomic E-state index is 13.4. The summed E-state index contributed by atoms with van der Waals surface area (Å²) in [4.78, 5) is 17.4. The normalized spacial score (nSPS) is 11.0. The number of hydrogen-bond acceptors (Lipinski definition) is 4. The first-order chi connectivity index (χ1) is 12.6. The molecule has 0 aliphatic carbocycles. The summed E-state index contributed by atoms with van der Waals surface area (Å²) in [5.74, 6) is -0.346. The van der Waals surface area contributed by atoms with Crippen molar-refractivity contribution in [1.82, 2.24) is 19.3 Å². The molecule has 2 aromatic carbocycles. The molecule has 0 saturated carbocycles. The zero-order valence-corrected chi connectivity index (χ0v) is 14.0. The fourth-order valence-corrected chi connectivity index (χ4v) is 2.74. The Morgan fingerprint density at radius 3 is 2.69 bits per heavy atom. The van der Waals surface area contributed by atoms with E-state index in [-0.39, 0.29) is 24.0 Å². The van der Waals surface area contributed by atoms with Gasteiger partial charge in [-0.15, -0.1) is 0 Å². The van der Waals surface area contributed by atoms with Crippen molar-refractivity contribution >= 4 is 11.0 Å². The summed E-state index contributed by atoms with van der Waals surface area (Å²) in [6.07, 6.45) is 1.49. The van der Waals surface area contributed by atoms with Crippen molar-refractivity contribution in [2.45, 2.75) is 6.61 Å². The smallest absolute Gasteiger partial charge is 0.306 e. The van der Waals surface area contributed by atoms with Gasteiger partial charge in [-0.05, 0) is 29.8 Å². The molecule has 4 rings (SSSR count). The van der Waals surface area contributed by atoms with Crippen molar-refractivity contribution in [2.75, 3.05) is 0 Å². The number of ether oxygens (including phenoxy) is 1. The first-order valence-corrected chi connectivity index (χ1v) is 8.01. The molecule has 0 unspecified atom stereocenters. The molecule has 0 spiro atoms. The third kappa shape index (κ3) is 2.83. The minimum Gasteiger partial charge on any atom is -0.459 e. The lowest BCUT2D eigenvalue weighted by atomic mass is 10.2. The number of para-hydroxylation sites is 1. The van der Waals surface area contributed by atoms with E-state index in [1.807, 2.05) is 18.2 Å². The summed E-state index contributed by atoms with van der Waals surface area (Å²) in [6, 6.07) is 15.3. The van der Waals surface area contributed by atoms with Crippen LogP contribution in [0, 0.1) is 5.82 Å². The van der Waals surface area contributed by atoms with Gasteiger partial charge in [-0.3, -0.25) is 9.48 Å². The van der Waals surface area contributed by atoms with Gasteiger partial charge in [0.2, 0.25) is 0 Å². The quantitative estimate of drug-likeness (QED) is 0.568. The molecule has 0 amide bonds. The molecule has 6 nitrogen and oxygen atoms in total. The molecule has 26 heavy (non-hydrogen) atoms. The highest BCUT2D eigenvalue weighted by Gasteiger charge is 2.16. The van der Waals surface area contributed by atoms with Crippen LogP contribution in [0.25, 0.3) is 16.7 Å². The third-order valence-corrected chi connectivity index (χ3v) is 4.01. The van der Waals surface area contributed by atoms with Gasteiger partial charge in [0.25, 0.3) is 5.56 Å². The zero-order chi connectivity index (χ0) is 18.1. The van der Waals surface area contributed by atoms with Gasteiger partial charge in [-0.1, -0.05) is 30.3 Å². The van der Waals surface area contributed by atoms with Crippen molar-refractivity contribution < 1.29 is 9.13 Å². The molecule has 2 heterocycles. The van der Waals surface area contributed by atoms with E-state index < -0.39 is 0 Å². The van der Waals surface area contributed by atoms with Crippen LogP contribution in [-0.4, -0.2) is 19.3 Å². The summed E-state index contributed by atoms with van der Waals surface area (Å²) in [5.41, 5.74) is 1.42. The maximum Gasteiger partial charge on any atom is 0.306 e. The molecule has 0 fully saturated rings. The van der Waals surface area contributed by atoms with E-state index >= 15 is 0 Å². The standard InChI is InChI=1S/C19H15FN4O2/c1-23-17-16(11-21-23)18(25)24(15-8-3-2-4-9-15)19(22-17)26-12-13-6-5-7-14(20)10-13/h2-11H,12H2,1H3. The molecule has 0 atom stereocenters. The predicted molar refractivity (Wildman–Crippen MR) is 94.8 cm³/mol. The Kier molecular flexibility index (Phi) is 3.96. The highest BCUT2D eigenvalue weighted by molar-refractivity contribution is 5.74. The van der Waals surface area contributed by atoms with Gasteiger partial charge in [-0.25, -0.2) is 8.96 Å². The molecule has 0 N–H and O–H groups in total. The minimum absolute atomic E-state index is 0.0837. The van der Waals surface area contributed by atoms with Crippen molar-refractivity contribution in [1.29, 1.82) is 0 Å². The van der Waals surface area contributed by atoms with E-state index in [4.69, 9.17) is 4.74 Å². The second-order valence-corrected chi connectivity index (χ2v) is 5.79. The van der Waals surface area contributed by atoms with Crippen molar-refractivity contribution in [3.63, 3.8) is 0 Å². The Hall–Kier alpha value is -3.48. The summed E-state index contributed by atoms with van der Waals surface area (Å²) < 4.78 is 22.1. The lowest BCUT2D eigenvalue weighted by Crippen LogP contribution is -2.22. The van der Waals surface area contributed by atoms with Gasteiger partial charge < -0.3 is 4.74 Å². The monoisotopic (exact) mass is 350 g/mol. The van der Waals surface area contributed by atoms with Gasteiger partial charge in [-0.2, -0.15) is 10.1 Å². The highest BCUT2D eigenvalue weighted by atomic mass is 19.1. The number of rotatable bonds is 4. The van der Waals surface area contributed by atoms with E-state index in [0.717, 1.165) is 0 Å². The Balaban J connectivity index is 1.83. The first kappa shape index (κ1) is 16.0. The van der Waals surface area contributed by atoms with Gasteiger partial charge >= 0.3 is 6.01 Å². The van der Waals surface area contributed by atoms with Crippen LogP contribution in [0.4, 0.5) is 4.39 Å². The molecule has 4 aromatic rings. The maximum atomic E-state index is 13.4. The van der Waals surface area contributed by atoms with Crippen LogP contribution in [0.3, 0.4) is 0 Å². The van der Waals surface area contributed by atoms with E-state index in [2.05, 4.69) is 10.1 Å². The number of aryl methyl sites for hydroxylation is 1. The van der Waals surface area contributed by atoms with Gasteiger partial charge in [0.15, 0.2) is 5.65 Å². The third-order valence-electron chi connectivity index (χ3n) is 4.01. The number of aromatic nitrogens is 4. The van der Waals surface area contributed by atoms with Crippen LogP contribution >= 0.6 is 0 Å². The molecule has 0 aliphatic heterocycles. The largest absolute Gasteiger partial charge is 0.459 e. The van der Waals surface area contributed by atoms with Crippen molar-refractivity contribution in [2.24, 2.45) is 7.05 Å². The van der Waals surface area contributed by atoms with E-state index in [9.17, 15) is 9.18 Å². The molecule has 0 aliphatic rings. The molecule has 0 saturated heterocycles. The van der Waals surface area contributed by atoms with Gasteiger partial charge in [0.1, 0.15) is 17.8 Å². The minimum atomic E-state index is -0.346. The molecule has 0 radical (unpaired) electrons. The van der Waals surface area contributed by atoms with E-state index in [1.54, 1.807) is 31.3 Å². The fraction of sp³-hybridized carbons (Fsp3) is 0.105. The summed E-state index contributed by atoms with van der Waals surface area (Å²) in [5, 5.41) is 4.50. The predicted octanol–water partition coefficient (Wildman–Crippen LogP) is 2.84. The second kappa shape index (κ2) is 6.44. The van der Waals surface area contributed by atoms with E-state index in [0.29, 0.717) is 22.3 Å². The molecule has 130 valence electrons. The van der Waals surface area contributed by atoms with Crippen LogP contribution in [0.2, 0.25) is 0 Å². The van der Waals surface area contributed by atoms with Crippen LogP contribution in [0.5, 0.6) is 6.01 Å². The molecular formula is C19H15FN4O2. The van der Waals surface area contributed by atoms with Crippen LogP contribution in [0.1, 0.15) is 5.56 Å². The molecule has 2 aromatic heterocycles. The van der Waals surface area contributed by atoms with Gasteiger partial charge in [0.05, 0.1) is 11.9 Å². The van der Waals surface area contributed by atoms with Gasteiger partial charge in [0, 0.05) is 7.05 Å². The van der Waals surface area contributed by atoms with Crippen LogP contribution in [0.15, 0.2) is 65.6 Å². The molecular weight excluding hydrogens is 335 g/mol. The lowest BCUT2D eigenvalue weighted by Gasteiger charge is -2.13. The Labute approximate surface area is 148 Å². The number of benzene rings is 2.